The van der Waals surface area contributed by atoms with Gasteiger partial charge in [-0.25, -0.2) is 0 Å². The van der Waals surface area contributed by atoms with E-state index in [1.165, 1.54) is 10.5 Å². The first kappa shape index (κ1) is 19.4. The van der Waals surface area contributed by atoms with E-state index in [-0.39, 0.29) is 11.8 Å². The Morgan fingerprint density at radius 2 is 1.62 bits per heavy atom. The summed E-state index contributed by atoms with van der Waals surface area (Å²) < 4.78 is 0. The van der Waals surface area contributed by atoms with Crippen LogP contribution in [-0.2, 0) is 16.0 Å². The van der Waals surface area contributed by atoms with E-state index >= 15 is 0 Å². The number of benzene rings is 2. The lowest BCUT2D eigenvalue weighted by Crippen LogP contribution is -2.37. The molecule has 2 aliphatic rings. The summed E-state index contributed by atoms with van der Waals surface area (Å²) in [5.41, 5.74) is 4.20. The second-order valence-corrected chi connectivity index (χ2v) is 7.80. The van der Waals surface area contributed by atoms with E-state index in [9.17, 15) is 9.59 Å². The Hall–Kier alpha value is -2.88. The topological polar surface area (TPSA) is 40.6 Å². The fraction of sp³-hybridized carbons (Fsp3) is 0.360. The van der Waals surface area contributed by atoms with Crippen LogP contribution in [0.4, 0.5) is 5.69 Å². The number of fused-ring (bicyclic) bond motifs is 1. The molecule has 0 N–H and O–H groups in total. The smallest absolute Gasteiger partial charge is 0.278 e. The zero-order chi connectivity index (χ0) is 20.2. The van der Waals surface area contributed by atoms with Crippen molar-refractivity contribution in [2.45, 2.75) is 45.4 Å². The molecule has 0 bridgehead atoms. The zero-order valence-electron chi connectivity index (χ0n) is 17.1. The van der Waals surface area contributed by atoms with Gasteiger partial charge in [0.15, 0.2) is 0 Å². The maximum atomic E-state index is 13.5. The number of hydrogen-bond donors (Lipinski definition) is 0. The quantitative estimate of drug-likeness (QED) is 0.505. The summed E-state index contributed by atoms with van der Waals surface area (Å²) in [5.74, 6) is -0.308. The van der Waals surface area contributed by atoms with Gasteiger partial charge in [-0.1, -0.05) is 74.7 Å². The maximum Gasteiger partial charge on any atom is 0.278 e. The fourth-order valence-electron chi connectivity index (χ4n) is 4.34. The number of anilines is 1. The van der Waals surface area contributed by atoms with Crippen molar-refractivity contribution in [2.24, 2.45) is 0 Å². The fourth-order valence-corrected chi connectivity index (χ4v) is 4.34. The third-order valence-corrected chi connectivity index (χ3v) is 5.82. The van der Waals surface area contributed by atoms with Crippen LogP contribution in [-0.4, -0.2) is 29.8 Å². The molecular formula is C25H28N2O2. The van der Waals surface area contributed by atoms with E-state index in [1.807, 2.05) is 42.5 Å². The van der Waals surface area contributed by atoms with Gasteiger partial charge in [0.1, 0.15) is 5.70 Å². The molecule has 0 spiro atoms. The lowest BCUT2D eigenvalue weighted by Gasteiger charge is -2.32. The van der Waals surface area contributed by atoms with Crippen molar-refractivity contribution in [3.63, 3.8) is 0 Å². The molecule has 2 aromatic carbocycles. The van der Waals surface area contributed by atoms with Gasteiger partial charge in [0, 0.05) is 18.8 Å². The van der Waals surface area contributed by atoms with Crippen LogP contribution in [0, 0.1) is 0 Å². The monoisotopic (exact) mass is 388 g/mol. The molecule has 4 rings (SSSR count). The highest BCUT2D eigenvalue weighted by Crippen LogP contribution is 2.37. The molecule has 0 fully saturated rings. The number of rotatable bonds is 7. The Kier molecular flexibility index (Phi) is 5.79. The minimum absolute atomic E-state index is 0.151. The number of nitrogens with zero attached hydrogens (tertiary/aromatic N) is 2. The lowest BCUT2D eigenvalue weighted by atomic mass is 9.98. The van der Waals surface area contributed by atoms with E-state index in [0.717, 1.165) is 56.3 Å². The second-order valence-electron chi connectivity index (χ2n) is 7.80. The Morgan fingerprint density at radius 1 is 0.862 bits per heavy atom. The molecule has 0 aromatic heterocycles. The molecule has 0 radical (unpaired) electrons. The first-order chi connectivity index (χ1) is 14.2. The minimum atomic E-state index is -0.157. The number of aryl methyl sites for hydroxylation is 1. The van der Waals surface area contributed by atoms with Crippen molar-refractivity contribution in [1.29, 1.82) is 0 Å². The first-order valence-electron chi connectivity index (χ1n) is 10.7. The summed E-state index contributed by atoms with van der Waals surface area (Å²) in [7, 11) is 0. The van der Waals surface area contributed by atoms with Gasteiger partial charge >= 0.3 is 0 Å². The van der Waals surface area contributed by atoms with Crippen LogP contribution < -0.4 is 4.90 Å². The van der Waals surface area contributed by atoms with E-state index in [2.05, 4.69) is 24.0 Å². The van der Waals surface area contributed by atoms with Gasteiger partial charge < -0.3 is 4.90 Å². The van der Waals surface area contributed by atoms with Crippen molar-refractivity contribution in [2.75, 3.05) is 18.0 Å². The number of hydrogen-bond acceptors (Lipinski definition) is 3. The normalized spacial score (nSPS) is 16.6. The van der Waals surface area contributed by atoms with Gasteiger partial charge in [0.2, 0.25) is 0 Å². The Balaban J connectivity index is 1.74. The summed E-state index contributed by atoms with van der Waals surface area (Å²) >= 11 is 0. The SMILES string of the molecule is CCCCCCN1C(=O)C(c2ccccc2)=C(N2CCCc3ccccc32)C1=O. The summed E-state index contributed by atoms with van der Waals surface area (Å²) in [6.07, 6.45) is 6.13. The van der Waals surface area contributed by atoms with Crippen molar-refractivity contribution in [3.05, 3.63) is 71.4 Å². The van der Waals surface area contributed by atoms with Gasteiger partial charge in [0.05, 0.1) is 5.57 Å². The largest absolute Gasteiger partial charge is 0.336 e. The van der Waals surface area contributed by atoms with Gasteiger partial charge in [-0.15, -0.1) is 0 Å². The zero-order valence-corrected chi connectivity index (χ0v) is 17.1. The molecule has 0 saturated carbocycles. The molecule has 4 heteroatoms. The van der Waals surface area contributed by atoms with Crippen LogP contribution in [0.5, 0.6) is 0 Å². The highest BCUT2D eigenvalue weighted by molar-refractivity contribution is 6.36. The van der Waals surface area contributed by atoms with Crippen LogP contribution in [0.2, 0.25) is 0 Å². The van der Waals surface area contributed by atoms with Crippen LogP contribution >= 0.6 is 0 Å². The molecule has 0 aliphatic carbocycles. The van der Waals surface area contributed by atoms with E-state index in [1.54, 1.807) is 0 Å². The summed E-state index contributed by atoms with van der Waals surface area (Å²) in [5, 5.41) is 0. The number of carbonyl (C=O) groups is 2. The maximum absolute atomic E-state index is 13.5. The number of para-hydroxylation sites is 1. The van der Waals surface area contributed by atoms with E-state index in [0.29, 0.717) is 17.8 Å². The van der Waals surface area contributed by atoms with Gasteiger partial charge in [-0.2, -0.15) is 0 Å². The summed E-state index contributed by atoms with van der Waals surface area (Å²) in [6.45, 7) is 3.41. The number of imide groups is 1. The second kappa shape index (κ2) is 8.64. The predicted molar refractivity (Wildman–Crippen MR) is 116 cm³/mol. The molecule has 0 atom stereocenters. The Bertz CT molecular complexity index is 933. The van der Waals surface area contributed by atoms with Crippen LogP contribution in [0.15, 0.2) is 60.3 Å². The van der Waals surface area contributed by atoms with Crippen molar-refractivity contribution < 1.29 is 9.59 Å². The van der Waals surface area contributed by atoms with E-state index < -0.39 is 0 Å². The lowest BCUT2D eigenvalue weighted by molar-refractivity contribution is -0.137. The third-order valence-electron chi connectivity index (χ3n) is 5.82. The molecule has 2 heterocycles. The van der Waals surface area contributed by atoms with Gasteiger partial charge in [-0.3, -0.25) is 14.5 Å². The molecule has 2 aliphatic heterocycles. The standard InChI is InChI=1S/C25H28N2O2/c1-2-3-4-10-17-27-24(28)22(20-13-6-5-7-14-20)23(25(27)29)26-18-11-15-19-12-8-9-16-21(19)26/h5-9,12-14,16H,2-4,10-11,15,17-18H2,1H3. The number of amides is 2. The minimum Gasteiger partial charge on any atom is -0.336 e. The number of unbranched alkanes of at least 4 members (excludes halogenated alkanes) is 3. The molecule has 2 aromatic rings. The number of carbonyl (C=O) groups excluding carboxylic acids is 2. The predicted octanol–water partition coefficient (Wildman–Crippen LogP) is 4.80. The molecule has 4 nitrogen and oxygen atoms in total. The molecule has 150 valence electrons. The van der Waals surface area contributed by atoms with Crippen molar-refractivity contribution >= 4 is 23.1 Å². The average Bonchev–Trinajstić information content (AvgIpc) is 3.01. The van der Waals surface area contributed by atoms with Gasteiger partial charge in [0.25, 0.3) is 11.8 Å². The van der Waals surface area contributed by atoms with E-state index in [4.69, 9.17) is 0 Å². The third kappa shape index (κ3) is 3.71. The molecule has 0 unspecified atom stereocenters. The molecule has 2 amide bonds. The van der Waals surface area contributed by atoms with Crippen molar-refractivity contribution in [1.82, 2.24) is 4.90 Å². The highest BCUT2D eigenvalue weighted by atomic mass is 16.2. The van der Waals surface area contributed by atoms with Crippen LogP contribution in [0.1, 0.15) is 50.2 Å². The van der Waals surface area contributed by atoms with Crippen LogP contribution in [0.25, 0.3) is 5.57 Å². The molecule has 29 heavy (non-hydrogen) atoms. The molecular weight excluding hydrogens is 360 g/mol. The Labute approximate surface area is 172 Å². The van der Waals surface area contributed by atoms with Crippen LogP contribution in [0.3, 0.4) is 0 Å². The first-order valence-corrected chi connectivity index (χ1v) is 10.7. The summed E-state index contributed by atoms with van der Waals surface area (Å²) in [4.78, 5) is 30.4. The van der Waals surface area contributed by atoms with Gasteiger partial charge in [-0.05, 0) is 36.5 Å². The molecule has 0 saturated heterocycles. The summed E-state index contributed by atoms with van der Waals surface area (Å²) in [6, 6.07) is 17.9. The van der Waals surface area contributed by atoms with Crippen molar-refractivity contribution in [3.8, 4) is 0 Å². The average molecular weight is 389 g/mol. The highest BCUT2D eigenvalue weighted by Gasteiger charge is 2.42. The Morgan fingerprint density at radius 3 is 2.41 bits per heavy atom.